The predicted molar refractivity (Wildman–Crippen MR) is 71.2 cm³/mol. The number of rotatable bonds is 5. The van der Waals surface area contributed by atoms with Crippen LogP contribution < -0.4 is 5.32 Å². The van der Waals surface area contributed by atoms with Gasteiger partial charge in [0.1, 0.15) is 0 Å². The second-order valence-electron chi connectivity index (χ2n) is 4.45. The van der Waals surface area contributed by atoms with Gasteiger partial charge < -0.3 is 5.32 Å². The Morgan fingerprint density at radius 1 is 1.24 bits per heavy atom. The van der Waals surface area contributed by atoms with Crippen molar-refractivity contribution in [1.82, 2.24) is 9.36 Å². The van der Waals surface area contributed by atoms with Gasteiger partial charge in [0.25, 0.3) is 0 Å². The van der Waals surface area contributed by atoms with E-state index < -0.39 is 0 Å². The van der Waals surface area contributed by atoms with Crippen LogP contribution in [-0.2, 0) is 0 Å². The summed E-state index contributed by atoms with van der Waals surface area (Å²) in [5.74, 6) is 1.79. The minimum absolute atomic E-state index is 0.824. The predicted octanol–water partition coefficient (Wildman–Crippen LogP) is 3.42. The number of hydrogen-bond acceptors (Lipinski definition) is 4. The van der Waals surface area contributed by atoms with Crippen molar-refractivity contribution in [3.63, 3.8) is 0 Å². The molecule has 0 saturated heterocycles. The Bertz CT molecular complexity index is 476. The van der Waals surface area contributed by atoms with Crippen LogP contribution >= 0.6 is 11.5 Å². The maximum absolute atomic E-state index is 4.49. The SMILES string of the molecule is c1ccc(-c2nsc(NCCC3CC3)n2)cc1. The van der Waals surface area contributed by atoms with Gasteiger partial charge >= 0.3 is 0 Å². The van der Waals surface area contributed by atoms with E-state index in [1.807, 2.05) is 30.3 Å². The van der Waals surface area contributed by atoms with Crippen molar-refractivity contribution in [2.75, 3.05) is 11.9 Å². The summed E-state index contributed by atoms with van der Waals surface area (Å²) in [7, 11) is 0. The Hall–Kier alpha value is -1.42. The quantitative estimate of drug-likeness (QED) is 0.877. The molecule has 0 bridgehead atoms. The lowest BCUT2D eigenvalue weighted by atomic mass is 10.2. The second-order valence-corrected chi connectivity index (χ2v) is 5.20. The van der Waals surface area contributed by atoms with Crippen LogP contribution in [0.2, 0.25) is 0 Å². The molecule has 1 saturated carbocycles. The molecular weight excluding hydrogens is 230 g/mol. The van der Waals surface area contributed by atoms with Crippen LogP contribution in [0.5, 0.6) is 0 Å². The molecule has 1 aromatic carbocycles. The molecular formula is C13H15N3S. The van der Waals surface area contributed by atoms with Crippen molar-refractivity contribution >= 4 is 16.7 Å². The molecule has 1 aliphatic rings. The molecule has 3 rings (SSSR count). The lowest BCUT2D eigenvalue weighted by Crippen LogP contribution is -2.01. The molecule has 1 N–H and O–H groups in total. The Kier molecular flexibility index (Phi) is 3.05. The van der Waals surface area contributed by atoms with E-state index >= 15 is 0 Å². The van der Waals surface area contributed by atoms with Gasteiger partial charge in [0, 0.05) is 23.6 Å². The number of hydrogen-bond donors (Lipinski definition) is 1. The first-order valence-electron chi connectivity index (χ1n) is 6.05. The molecule has 17 heavy (non-hydrogen) atoms. The number of nitrogens with one attached hydrogen (secondary N) is 1. The Morgan fingerprint density at radius 2 is 2.06 bits per heavy atom. The highest BCUT2D eigenvalue weighted by atomic mass is 32.1. The first kappa shape index (κ1) is 10.7. The van der Waals surface area contributed by atoms with Crippen LogP contribution in [0.3, 0.4) is 0 Å². The molecule has 1 heterocycles. The van der Waals surface area contributed by atoms with Gasteiger partial charge in [0.2, 0.25) is 5.13 Å². The highest BCUT2D eigenvalue weighted by Crippen LogP contribution is 2.32. The summed E-state index contributed by atoms with van der Waals surface area (Å²) in [4.78, 5) is 4.49. The van der Waals surface area contributed by atoms with Gasteiger partial charge in [-0.25, -0.2) is 0 Å². The van der Waals surface area contributed by atoms with Gasteiger partial charge in [-0.05, 0) is 12.3 Å². The molecule has 1 aromatic heterocycles. The molecule has 0 spiro atoms. The maximum Gasteiger partial charge on any atom is 0.202 e. The van der Waals surface area contributed by atoms with Crippen LogP contribution in [0.15, 0.2) is 30.3 Å². The summed E-state index contributed by atoms with van der Waals surface area (Å²) >= 11 is 1.44. The molecule has 0 unspecified atom stereocenters. The lowest BCUT2D eigenvalue weighted by molar-refractivity contribution is 0.760. The van der Waals surface area contributed by atoms with Crippen molar-refractivity contribution < 1.29 is 0 Å². The summed E-state index contributed by atoms with van der Waals surface area (Å²) in [5.41, 5.74) is 1.08. The smallest absolute Gasteiger partial charge is 0.202 e. The zero-order valence-electron chi connectivity index (χ0n) is 9.60. The van der Waals surface area contributed by atoms with Gasteiger partial charge in [-0.3, -0.25) is 0 Å². The van der Waals surface area contributed by atoms with E-state index in [1.165, 1.54) is 30.8 Å². The van der Waals surface area contributed by atoms with E-state index in [-0.39, 0.29) is 0 Å². The third kappa shape index (κ3) is 2.82. The largest absolute Gasteiger partial charge is 0.360 e. The summed E-state index contributed by atoms with van der Waals surface area (Å²) < 4.78 is 4.37. The van der Waals surface area contributed by atoms with Crippen molar-refractivity contribution in [1.29, 1.82) is 0 Å². The summed E-state index contributed by atoms with van der Waals surface area (Å²) in [6.45, 7) is 1.02. The first-order chi connectivity index (χ1) is 8.42. The van der Waals surface area contributed by atoms with E-state index in [2.05, 4.69) is 14.7 Å². The average molecular weight is 245 g/mol. The lowest BCUT2D eigenvalue weighted by Gasteiger charge is -1.99. The fourth-order valence-corrected chi connectivity index (χ4v) is 2.40. The number of anilines is 1. The Morgan fingerprint density at radius 3 is 2.82 bits per heavy atom. The van der Waals surface area contributed by atoms with Crippen molar-refractivity contribution in [2.24, 2.45) is 5.92 Å². The number of benzene rings is 1. The van der Waals surface area contributed by atoms with E-state index in [1.54, 1.807) is 0 Å². The van der Waals surface area contributed by atoms with Crippen LogP contribution in [0.1, 0.15) is 19.3 Å². The molecule has 2 aromatic rings. The van der Waals surface area contributed by atoms with Crippen molar-refractivity contribution in [2.45, 2.75) is 19.3 Å². The Balaban J connectivity index is 1.61. The normalized spacial score (nSPS) is 14.8. The van der Waals surface area contributed by atoms with Gasteiger partial charge in [-0.1, -0.05) is 43.2 Å². The molecule has 0 aliphatic heterocycles. The van der Waals surface area contributed by atoms with Crippen LogP contribution in [0.25, 0.3) is 11.4 Å². The monoisotopic (exact) mass is 245 g/mol. The topological polar surface area (TPSA) is 37.8 Å². The number of aromatic nitrogens is 2. The summed E-state index contributed by atoms with van der Waals surface area (Å²) in [5, 5.41) is 4.29. The van der Waals surface area contributed by atoms with E-state index in [4.69, 9.17) is 0 Å². The fraction of sp³-hybridized carbons (Fsp3) is 0.385. The Labute approximate surface area is 105 Å². The van der Waals surface area contributed by atoms with Crippen LogP contribution in [0, 0.1) is 5.92 Å². The third-order valence-corrected chi connectivity index (χ3v) is 3.66. The fourth-order valence-electron chi connectivity index (χ4n) is 1.79. The zero-order valence-corrected chi connectivity index (χ0v) is 10.4. The van der Waals surface area contributed by atoms with Gasteiger partial charge in [-0.2, -0.15) is 9.36 Å². The number of nitrogens with zero attached hydrogens (tertiary/aromatic N) is 2. The minimum atomic E-state index is 0.824. The average Bonchev–Trinajstić information content (AvgIpc) is 3.07. The molecule has 3 nitrogen and oxygen atoms in total. The summed E-state index contributed by atoms with van der Waals surface area (Å²) in [6.07, 6.45) is 4.08. The van der Waals surface area contributed by atoms with E-state index in [0.717, 1.165) is 29.0 Å². The molecule has 0 amide bonds. The van der Waals surface area contributed by atoms with E-state index in [0.29, 0.717) is 0 Å². The molecule has 88 valence electrons. The van der Waals surface area contributed by atoms with Gasteiger partial charge in [0.05, 0.1) is 0 Å². The second kappa shape index (κ2) is 4.84. The zero-order chi connectivity index (χ0) is 11.5. The van der Waals surface area contributed by atoms with Crippen molar-refractivity contribution in [3.8, 4) is 11.4 Å². The highest BCUT2D eigenvalue weighted by Gasteiger charge is 2.20. The van der Waals surface area contributed by atoms with Gasteiger partial charge in [-0.15, -0.1) is 0 Å². The first-order valence-corrected chi connectivity index (χ1v) is 6.82. The van der Waals surface area contributed by atoms with Crippen LogP contribution in [0.4, 0.5) is 5.13 Å². The molecule has 1 aliphatic carbocycles. The minimum Gasteiger partial charge on any atom is -0.360 e. The highest BCUT2D eigenvalue weighted by molar-refractivity contribution is 7.09. The molecule has 1 fully saturated rings. The van der Waals surface area contributed by atoms with Crippen LogP contribution in [-0.4, -0.2) is 15.9 Å². The molecule has 0 radical (unpaired) electrons. The summed E-state index contributed by atoms with van der Waals surface area (Å²) in [6, 6.07) is 10.1. The van der Waals surface area contributed by atoms with E-state index in [9.17, 15) is 0 Å². The molecule has 4 heteroatoms. The maximum atomic E-state index is 4.49. The third-order valence-electron chi connectivity index (χ3n) is 2.98. The van der Waals surface area contributed by atoms with Crippen molar-refractivity contribution in [3.05, 3.63) is 30.3 Å². The molecule has 0 atom stereocenters. The van der Waals surface area contributed by atoms with Gasteiger partial charge in [0.15, 0.2) is 5.82 Å². The standard InChI is InChI=1S/C13H15N3S/c1-2-4-11(5-3-1)12-15-13(17-16-12)14-9-8-10-6-7-10/h1-5,10H,6-9H2,(H,14,15,16).